The molecule has 0 saturated heterocycles. The molecule has 0 atom stereocenters. The number of hydrogen-bond acceptors (Lipinski definition) is 2. The van der Waals surface area contributed by atoms with Crippen molar-refractivity contribution in [2.24, 2.45) is 5.73 Å². The number of rotatable bonds is 3. The third-order valence-electron chi connectivity index (χ3n) is 2.68. The summed E-state index contributed by atoms with van der Waals surface area (Å²) in [5.41, 5.74) is 7.61. The van der Waals surface area contributed by atoms with E-state index in [4.69, 9.17) is 5.73 Å². The second-order valence-electron chi connectivity index (χ2n) is 4.00. The first kappa shape index (κ1) is 10.5. The van der Waals surface area contributed by atoms with Crippen LogP contribution >= 0.6 is 27.7 Å². The van der Waals surface area contributed by atoms with Gasteiger partial charge in [0.2, 0.25) is 0 Å². The normalized spacial score (nSPS) is 18.2. The molecule has 1 aliphatic rings. The van der Waals surface area contributed by atoms with Gasteiger partial charge >= 0.3 is 0 Å². The lowest BCUT2D eigenvalue weighted by atomic mass is 10.1. The first-order valence-corrected chi connectivity index (χ1v) is 6.76. The minimum absolute atomic E-state index is 0.102. The van der Waals surface area contributed by atoms with Crippen molar-refractivity contribution in [3.63, 3.8) is 0 Å². The van der Waals surface area contributed by atoms with Crippen LogP contribution in [-0.4, -0.2) is 11.8 Å². The summed E-state index contributed by atoms with van der Waals surface area (Å²) in [7, 11) is 0. The molecule has 0 aliphatic heterocycles. The first-order chi connectivity index (χ1) is 6.63. The van der Waals surface area contributed by atoms with Gasteiger partial charge in [0.1, 0.15) is 0 Å². The summed E-state index contributed by atoms with van der Waals surface area (Å²) in [5, 5.41) is 0. The lowest BCUT2D eigenvalue weighted by Crippen LogP contribution is -2.24. The highest BCUT2D eigenvalue weighted by Crippen LogP contribution is 2.38. The molecule has 0 spiro atoms. The van der Waals surface area contributed by atoms with E-state index in [9.17, 15) is 0 Å². The van der Waals surface area contributed by atoms with Gasteiger partial charge in [0.15, 0.2) is 0 Å². The lowest BCUT2D eigenvalue weighted by molar-refractivity contribution is 0.665. The van der Waals surface area contributed by atoms with Gasteiger partial charge < -0.3 is 5.73 Å². The summed E-state index contributed by atoms with van der Waals surface area (Å²) in [5.74, 6) is 0. The van der Waals surface area contributed by atoms with Gasteiger partial charge in [0.25, 0.3) is 0 Å². The van der Waals surface area contributed by atoms with Crippen molar-refractivity contribution in [3.05, 3.63) is 28.2 Å². The van der Waals surface area contributed by atoms with Crippen LogP contribution in [0, 0.1) is 0 Å². The number of halogens is 1. The molecule has 2 rings (SSSR count). The Balaban J connectivity index is 2.25. The minimum Gasteiger partial charge on any atom is -0.325 e. The fraction of sp³-hybridized carbons (Fsp3) is 0.455. The van der Waals surface area contributed by atoms with Gasteiger partial charge in [-0.25, -0.2) is 0 Å². The Labute approximate surface area is 97.6 Å². The maximum Gasteiger partial charge on any atom is 0.0196 e. The molecule has 0 unspecified atom stereocenters. The zero-order chi connectivity index (χ0) is 10.2. The molecular formula is C11H14BrNS. The topological polar surface area (TPSA) is 26.0 Å². The average molecular weight is 272 g/mol. The maximum atomic E-state index is 6.13. The van der Waals surface area contributed by atoms with E-state index >= 15 is 0 Å². The molecule has 1 aromatic carbocycles. The molecule has 3 heteroatoms. The van der Waals surface area contributed by atoms with E-state index in [0.29, 0.717) is 0 Å². The Kier molecular flexibility index (Phi) is 2.91. The van der Waals surface area contributed by atoms with Gasteiger partial charge in [-0.1, -0.05) is 15.9 Å². The van der Waals surface area contributed by atoms with E-state index in [2.05, 4.69) is 40.4 Å². The largest absolute Gasteiger partial charge is 0.325 e. The minimum atomic E-state index is 0.102. The molecule has 0 aromatic heterocycles. The van der Waals surface area contributed by atoms with Crippen molar-refractivity contribution in [1.29, 1.82) is 0 Å². The number of benzene rings is 1. The van der Waals surface area contributed by atoms with Crippen LogP contribution in [0.5, 0.6) is 0 Å². The van der Waals surface area contributed by atoms with Crippen molar-refractivity contribution in [1.82, 2.24) is 0 Å². The molecule has 0 heterocycles. The van der Waals surface area contributed by atoms with Gasteiger partial charge in [-0.15, -0.1) is 11.8 Å². The van der Waals surface area contributed by atoms with Crippen LogP contribution in [0.2, 0.25) is 0 Å². The fourth-order valence-corrected chi connectivity index (χ4v) is 2.61. The molecule has 0 bridgehead atoms. The van der Waals surface area contributed by atoms with Gasteiger partial charge in [0.05, 0.1) is 0 Å². The van der Waals surface area contributed by atoms with Crippen LogP contribution < -0.4 is 5.73 Å². The lowest BCUT2D eigenvalue weighted by Gasteiger charge is -2.12. The van der Waals surface area contributed by atoms with E-state index < -0.39 is 0 Å². The molecule has 1 aliphatic carbocycles. The molecule has 0 radical (unpaired) electrons. The predicted octanol–water partition coefficient (Wildman–Crippen LogP) is 3.20. The zero-order valence-corrected chi connectivity index (χ0v) is 10.6. The molecule has 1 saturated carbocycles. The number of nitrogens with two attached hydrogens (primary N) is 1. The summed E-state index contributed by atoms with van der Waals surface area (Å²) in [4.78, 5) is 1.35. The van der Waals surface area contributed by atoms with Crippen LogP contribution in [0.3, 0.4) is 0 Å². The molecule has 76 valence electrons. The highest BCUT2D eigenvalue weighted by Gasteiger charge is 2.38. The molecular weight excluding hydrogens is 258 g/mol. The molecule has 1 fully saturated rings. The maximum absolute atomic E-state index is 6.13. The second-order valence-corrected chi connectivity index (χ2v) is 5.76. The molecule has 14 heavy (non-hydrogen) atoms. The molecule has 0 amide bonds. The van der Waals surface area contributed by atoms with Gasteiger partial charge in [0, 0.05) is 14.9 Å². The summed E-state index contributed by atoms with van der Waals surface area (Å²) in [6.45, 7) is 0. The standard InChI is InChI=1S/C11H14BrNS/c1-14-10-3-2-9(12)6-8(10)7-11(13)4-5-11/h2-3,6H,4-5,7,13H2,1H3. The second kappa shape index (κ2) is 3.87. The third-order valence-corrected chi connectivity index (χ3v) is 4.01. The fourth-order valence-electron chi connectivity index (χ4n) is 1.60. The van der Waals surface area contributed by atoms with Crippen LogP contribution in [0.25, 0.3) is 0 Å². The van der Waals surface area contributed by atoms with Crippen LogP contribution in [0.4, 0.5) is 0 Å². The summed E-state index contributed by atoms with van der Waals surface area (Å²) >= 11 is 5.30. The predicted molar refractivity (Wildman–Crippen MR) is 65.8 cm³/mol. The van der Waals surface area contributed by atoms with Crippen LogP contribution in [0.1, 0.15) is 18.4 Å². The monoisotopic (exact) mass is 271 g/mol. The summed E-state index contributed by atoms with van der Waals surface area (Å²) < 4.78 is 1.15. The van der Waals surface area contributed by atoms with E-state index in [0.717, 1.165) is 10.9 Å². The summed E-state index contributed by atoms with van der Waals surface area (Å²) in [6, 6.07) is 6.44. The van der Waals surface area contributed by atoms with E-state index in [1.54, 1.807) is 11.8 Å². The Morgan fingerprint density at radius 3 is 2.79 bits per heavy atom. The van der Waals surface area contributed by atoms with Crippen molar-refractivity contribution in [3.8, 4) is 0 Å². The van der Waals surface area contributed by atoms with Gasteiger partial charge in [-0.05, 0) is 49.3 Å². The number of thioether (sulfide) groups is 1. The first-order valence-electron chi connectivity index (χ1n) is 4.74. The van der Waals surface area contributed by atoms with E-state index in [-0.39, 0.29) is 5.54 Å². The van der Waals surface area contributed by atoms with Crippen molar-refractivity contribution in [2.75, 3.05) is 6.26 Å². The molecule has 1 nitrogen and oxygen atoms in total. The van der Waals surface area contributed by atoms with E-state index in [1.807, 2.05) is 0 Å². The van der Waals surface area contributed by atoms with E-state index in [1.165, 1.54) is 23.3 Å². The Hall–Kier alpha value is 0.01000. The number of hydrogen-bond donors (Lipinski definition) is 1. The van der Waals surface area contributed by atoms with Crippen LogP contribution in [-0.2, 0) is 6.42 Å². The quantitative estimate of drug-likeness (QED) is 0.855. The third kappa shape index (κ3) is 2.33. The Bertz CT molecular complexity index is 347. The van der Waals surface area contributed by atoms with Crippen LogP contribution in [0.15, 0.2) is 27.6 Å². The van der Waals surface area contributed by atoms with Gasteiger partial charge in [-0.2, -0.15) is 0 Å². The SMILES string of the molecule is CSc1ccc(Br)cc1CC1(N)CC1. The Morgan fingerprint density at radius 2 is 2.21 bits per heavy atom. The average Bonchev–Trinajstić information content (AvgIpc) is 2.84. The summed E-state index contributed by atoms with van der Waals surface area (Å²) in [6.07, 6.45) is 5.48. The molecule has 1 aromatic rings. The van der Waals surface area contributed by atoms with Gasteiger partial charge in [-0.3, -0.25) is 0 Å². The Morgan fingerprint density at radius 1 is 1.50 bits per heavy atom. The van der Waals surface area contributed by atoms with Crippen molar-refractivity contribution >= 4 is 27.7 Å². The van der Waals surface area contributed by atoms with Crippen molar-refractivity contribution in [2.45, 2.75) is 29.7 Å². The van der Waals surface area contributed by atoms with Crippen molar-refractivity contribution < 1.29 is 0 Å². The highest BCUT2D eigenvalue weighted by molar-refractivity contribution is 9.10. The zero-order valence-electron chi connectivity index (χ0n) is 8.22. The molecule has 2 N–H and O–H groups in total. The highest BCUT2D eigenvalue weighted by atomic mass is 79.9. The smallest absolute Gasteiger partial charge is 0.0196 e.